The zero-order valence-corrected chi connectivity index (χ0v) is 22.2. The molecular formula is C28H21Cl2F3O6. The lowest BCUT2D eigenvalue weighted by molar-refractivity contribution is -0.154. The minimum absolute atomic E-state index is 0.0519. The molecule has 0 aliphatic heterocycles. The van der Waals surface area contributed by atoms with E-state index in [9.17, 15) is 22.8 Å². The van der Waals surface area contributed by atoms with E-state index in [0.29, 0.717) is 15.8 Å². The normalized spacial score (nSPS) is 11.5. The molecule has 0 aliphatic carbocycles. The molecule has 4 aromatic rings. The van der Waals surface area contributed by atoms with Gasteiger partial charge in [-0.3, -0.25) is 9.59 Å². The van der Waals surface area contributed by atoms with E-state index < -0.39 is 34.7 Å². The Morgan fingerprint density at radius 3 is 2.33 bits per heavy atom. The van der Waals surface area contributed by atoms with Crippen molar-refractivity contribution in [3.8, 4) is 23.0 Å². The summed E-state index contributed by atoms with van der Waals surface area (Å²) in [7, 11) is 0. The first-order valence-corrected chi connectivity index (χ1v) is 12.4. The van der Waals surface area contributed by atoms with Crippen LogP contribution in [0.5, 0.6) is 23.0 Å². The molecule has 0 N–H and O–H groups in total. The van der Waals surface area contributed by atoms with Crippen molar-refractivity contribution in [3.63, 3.8) is 0 Å². The third-order valence-corrected chi connectivity index (χ3v) is 5.93. The Labute approximate surface area is 230 Å². The van der Waals surface area contributed by atoms with Gasteiger partial charge >= 0.3 is 12.1 Å². The molecule has 6 nitrogen and oxygen atoms in total. The highest BCUT2D eigenvalue weighted by Gasteiger charge is 2.40. The quantitative estimate of drug-likeness (QED) is 0.118. The first kappa shape index (κ1) is 28.3. The molecule has 11 heteroatoms. The maximum absolute atomic E-state index is 13.8. The van der Waals surface area contributed by atoms with Crippen molar-refractivity contribution in [2.75, 3.05) is 6.61 Å². The van der Waals surface area contributed by atoms with Gasteiger partial charge in [-0.05, 0) is 73.9 Å². The van der Waals surface area contributed by atoms with E-state index in [2.05, 4.69) is 0 Å². The Balaban J connectivity index is 1.50. The fourth-order valence-electron chi connectivity index (χ4n) is 3.78. The molecule has 1 aromatic heterocycles. The minimum Gasteiger partial charge on any atom is -0.492 e. The van der Waals surface area contributed by atoms with Crippen LogP contribution in [-0.2, 0) is 11.0 Å². The molecule has 0 bridgehead atoms. The van der Waals surface area contributed by atoms with Crippen molar-refractivity contribution in [3.05, 3.63) is 91.8 Å². The van der Waals surface area contributed by atoms with Gasteiger partial charge in [0.25, 0.3) is 5.76 Å². The minimum atomic E-state index is -5.03. The van der Waals surface area contributed by atoms with E-state index in [0.717, 1.165) is 17.2 Å². The van der Waals surface area contributed by atoms with Crippen LogP contribution in [0.1, 0.15) is 29.7 Å². The van der Waals surface area contributed by atoms with Crippen LogP contribution < -0.4 is 19.6 Å². The number of hydrogen-bond donors (Lipinski definition) is 0. The number of esters is 1. The number of fused-ring (bicyclic) bond motifs is 1. The van der Waals surface area contributed by atoms with Gasteiger partial charge in [0.05, 0.1) is 17.0 Å². The second-order valence-corrected chi connectivity index (χ2v) is 9.52. The Kier molecular flexibility index (Phi) is 8.42. The van der Waals surface area contributed by atoms with Crippen molar-refractivity contribution in [1.29, 1.82) is 0 Å². The molecule has 1 heterocycles. The van der Waals surface area contributed by atoms with Crippen LogP contribution in [0.2, 0.25) is 10.0 Å². The Morgan fingerprint density at radius 2 is 1.67 bits per heavy atom. The maximum Gasteiger partial charge on any atom is 0.453 e. The van der Waals surface area contributed by atoms with Crippen LogP contribution in [-0.4, -0.2) is 12.6 Å². The fraction of sp³-hybridized carbons (Fsp3) is 0.214. The van der Waals surface area contributed by atoms with Crippen LogP contribution in [0, 0.1) is 13.8 Å². The van der Waals surface area contributed by atoms with E-state index in [1.807, 2.05) is 6.07 Å². The number of rotatable bonds is 8. The molecule has 0 saturated carbocycles. The number of benzene rings is 3. The highest BCUT2D eigenvalue weighted by atomic mass is 35.5. The standard InChI is InChI=1S/C28H21Cl2F3O6/c1-15-10-16(2)12-19(11-15)38-26-25(35)20-7-6-18(14-23(20)39-27(26)28(31,32)33)37-24(34)4-3-9-36-22-8-5-17(29)13-21(22)30/h5-8,10-14H,3-4,9H2,1-2H3. The summed E-state index contributed by atoms with van der Waals surface area (Å²) in [6.45, 7) is 3.65. The van der Waals surface area contributed by atoms with Crippen LogP contribution in [0.4, 0.5) is 13.2 Å². The fourth-order valence-corrected chi connectivity index (χ4v) is 4.25. The summed E-state index contributed by atoms with van der Waals surface area (Å²) in [5.41, 5.74) is 0.0656. The summed E-state index contributed by atoms with van der Waals surface area (Å²) < 4.78 is 62.7. The largest absolute Gasteiger partial charge is 0.492 e. The van der Waals surface area contributed by atoms with E-state index in [1.165, 1.54) is 30.3 Å². The van der Waals surface area contributed by atoms with Gasteiger partial charge in [-0.15, -0.1) is 0 Å². The molecule has 204 valence electrons. The van der Waals surface area contributed by atoms with Crippen LogP contribution >= 0.6 is 23.2 Å². The van der Waals surface area contributed by atoms with Crippen molar-refractivity contribution < 1.29 is 36.6 Å². The topological polar surface area (TPSA) is 75.0 Å². The first-order valence-electron chi connectivity index (χ1n) is 11.6. The molecule has 0 unspecified atom stereocenters. The van der Waals surface area contributed by atoms with E-state index in [-0.39, 0.29) is 36.3 Å². The molecule has 0 atom stereocenters. The van der Waals surface area contributed by atoms with Gasteiger partial charge in [-0.1, -0.05) is 29.3 Å². The predicted octanol–water partition coefficient (Wildman–Crippen LogP) is 8.29. The second kappa shape index (κ2) is 11.6. The van der Waals surface area contributed by atoms with Crippen LogP contribution in [0.15, 0.2) is 63.8 Å². The lowest BCUT2D eigenvalue weighted by atomic mass is 10.1. The number of ether oxygens (including phenoxy) is 3. The number of aryl methyl sites for hydroxylation is 2. The maximum atomic E-state index is 13.8. The number of carbonyl (C=O) groups excluding carboxylic acids is 1. The van der Waals surface area contributed by atoms with Crippen LogP contribution in [0.25, 0.3) is 11.0 Å². The highest BCUT2D eigenvalue weighted by Crippen LogP contribution is 2.39. The van der Waals surface area contributed by atoms with Gasteiger partial charge in [0.2, 0.25) is 11.2 Å². The summed E-state index contributed by atoms with van der Waals surface area (Å²) in [6, 6.07) is 13.1. The third-order valence-electron chi connectivity index (χ3n) is 5.40. The molecule has 39 heavy (non-hydrogen) atoms. The smallest absolute Gasteiger partial charge is 0.453 e. The SMILES string of the molecule is Cc1cc(C)cc(Oc2c(C(F)(F)F)oc3cc(OC(=O)CCCOc4ccc(Cl)cc4Cl)ccc3c2=O)c1. The van der Waals surface area contributed by atoms with Gasteiger partial charge < -0.3 is 18.6 Å². The van der Waals surface area contributed by atoms with Gasteiger partial charge in [-0.2, -0.15) is 13.2 Å². The number of carbonyl (C=O) groups is 1. The van der Waals surface area contributed by atoms with Gasteiger partial charge in [0, 0.05) is 17.5 Å². The van der Waals surface area contributed by atoms with Crippen molar-refractivity contribution in [2.45, 2.75) is 32.9 Å². The molecule has 0 saturated heterocycles. The zero-order chi connectivity index (χ0) is 28.3. The van der Waals surface area contributed by atoms with Crippen molar-refractivity contribution in [1.82, 2.24) is 0 Å². The Morgan fingerprint density at radius 1 is 0.949 bits per heavy atom. The molecule has 4 rings (SSSR count). The molecular weight excluding hydrogens is 560 g/mol. The average Bonchev–Trinajstić information content (AvgIpc) is 2.83. The summed E-state index contributed by atoms with van der Waals surface area (Å²) in [5, 5.41) is 0.605. The van der Waals surface area contributed by atoms with Crippen molar-refractivity contribution >= 4 is 40.1 Å². The van der Waals surface area contributed by atoms with Gasteiger partial charge in [0.15, 0.2) is 0 Å². The first-order chi connectivity index (χ1) is 18.4. The van der Waals surface area contributed by atoms with E-state index in [1.54, 1.807) is 26.0 Å². The predicted molar refractivity (Wildman–Crippen MR) is 140 cm³/mol. The lowest BCUT2D eigenvalue weighted by Crippen LogP contribution is -2.16. The summed E-state index contributed by atoms with van der Waals surface area (Å²) in [4.78, 5) is 25.3. The summed E-state index contributed by atoms with van der Waals surface area (Å²) in [6.07, 6.45) is -4.80. The zero-order valence-electron chi connectivity index (χ0n) is 20.7. The highest BCUT2D eigenvalue weighted by molar-refractivity contribution is 6.35. The van der Waals surface area contributed by atoms with E-state index in [4.69, 9.17) is 41.8 Å². The summed E-state index contributed by atoms with van der Waals surface area (Å²) in [5.74, 6) is -2.86. The molecule has 3 aromatic carbocycles. The van der Waals surface area contributed by atoms with Crippen molar-refractivity contribution in [2.24, 2.45) is 0 Å². The number of alkyl halides is 3. The molecule has 0 amide bonds. The molecule has 0 spiro atoms. The third kappa shape index (κ3) is 7.04. The summed E-state index contributed by atoms with van der Waals surface area (Å²) >= 11 is 11.9. The lowest BCUT2D eigenvalue weighted by Gasteiger charge is -2.14. The van der Waals surface area contributed by atoms with E-state index >= 15 is 0 Å². The molecule has 0 aliphatic rings. The van der Waals surface area contributed by atoms with Gasteiger partial charge in [-0.25, -0.2) is 0 Å². The Hall–Kier alpha value is -3.69. The number of halogens is 5. The molecule has 0 radical (unpaired) electrons. The second-order valence-electron chi connectivity index (χ2n) is 8.67. The Bertz CT molecular complexity index is 1580. The average molecular weight is 581 g/mol. The number of hydrogen-bond acceptors (Lipinski definition) is 6. The molecule has 0 fully saturated rings. The van der Waals surface area contributed by atoms with Gasteiger partial charge in [0.1, 0.15) is 22.8 Å². The van der Waals surface area contributed by atoms with Crippen LogP contribution in [0.3, 0.4) is 0 Å². The monoisotopic (exact) mass is 580 g/mol.